The lowest BCUT2D eigenvalue weighted by molar-refractivity contribution is -0.148. The first-order valence-electron chi connectivity index (χ1n) is 18.3. The number of likely N-dealkylation sites (tertiary alicyclic amines) is 1. The van der Waals surface area contributed by atoms with Crippen molar-refractivity contribution in [3.63, 3.8) is 0 Å². The van der Waals surface area contributed by atoms with E-state index in [4.69, 9.17) is 14.2 Å². The average Bonchev–Trinajstić information content (AvgIpc) is 3.94. The van der Waals surface area contributed by atoms with Crippen LogP contribution in [0.15, 0.2) is 30.9 Å². The SMILES string of the molecule is C=CC1CC1(NC(=O)C1CC(OC(=O)N2Cc3cccc(F)c3C2)CN1C(=O)C(CNC(=O)C1CCC(=O)O1)NC(=O)OC(C)(C)C)C(=O)NS(=O)(=O)C1CC1. The number of benzene rings is 1. The number of esters is 1. The van der Waals surface area contributed by atoms with E-state index in [1.165, 1.54) is 23.1 Å². The van der Waals surface area contributed by atoms with Gasteiger partial charge in [0.05, 0.1) is 18.3 Å². The summed E-state index contributed by atoms with van der Waals surface area (Å²) in [7, 11) is -4.00. The number of cyclic esters (lactones) is 1. The minimum absolute atomic E-state index is 0.0124. The molecule has 4 fully saturated rings. The molecule has 5 aliphatic rings. The van der Waals surface area contributed by atoms with Gasteiger partial charge in [-0.1, -0.05) is 18.2 Å². The van der Waals surface area contributed by atoms with Gasteiger partial charge < -0.3 is 35.1 Å². The first-order chi connectivity index (χ1) is 26.3. The number of ether oxygens (including phenoxy) is 3. The van der Waals surface area contributed by atoms with E-state index < -0.39 is 117 Å². The summed E-state index contributed by atoms with van der Waals surface area (Å²) >= 11 is 0. The average molecular weight is 805 g/mol. The maximum Gasteiger partial charge on any atom is 0.410 e. The molecule has 0 bridgehead atoms. The fourth-order valence-corrected chi connectivity index (χ4v) is 8.36. The fourth-order valence-electron chi connectivity index (χ4n) is 7.00. The van der Waals surface area contributed by atoms with Gasteiger partial charge in [0.15, 0.2) is 6.10 Å². The van der Waals surface area contributed by atoms with E-state index in [1.54, 1.807) is 26.8 Å². The lowest BCUT2D eigenvalue weighted by Gasteiger charge is -2.30. The summed E-state index contributed by atoms with van der Waals surface area (Å²) in [4.78, 5) is 95.1. The van der Waals surface area contributed by atoms with Crippen molar-refractivity contribution in [1.29, 1.82) is 0 Å². The normalized spacial score (nSPS) is 26.0. The second kappa shape index (κ2) is 15.3. The summed E-state index contributed by atoms with van der Waals surface area (Å²) < 4.78 is 57.9. The number of halogens is 1. The predicted molar refractivity (Wildman–Crippen MR) is 191 cm³/mol. The maximum atomic E-state index is 14.4. The molecule has 20 heteroatoms. The molecule has 0 spiro atoms. The highest BCUT2D eigenvalue weighted by Crippen LogP contribution is 2.45. The largest absolute Gasteiger partial charge is 0.452 e. The number of rotatable bonds is 12. The van der Waals surface area contributed by atoms with Crippen LogP contribution in [0.4, 0.5) is 14.0 Å². The monoisotopic (exact) mass is 804 g/mol. The van der Waals surface area contributed by atoms with E-state index in [1.807, 2.05) is 0 Å². The quantitative estimate of drug-likeness (QED) is 0.129. The second-order valence-electron chi connectivity index (χ2n) is 15.6. The third-order valence-electron chi connectivity index (χ3n) is 10.2. The van der Waals surface area contributed by atoms with Crippen molar-refractivity contribution in [1.82, 2.24) is 30.5 Å². The minimum atomic E-state index is -4.00. The molecule has 6 unspecified atom stereocenters. The lowest BCUT2D eigenvalue weighted by atomic mass is 10.1. The summed E-state index contributed by atoms with van der Waals surface area (Å²) in [6.07, 6.45) is -2.14. The molecule has 0 radical (unpaired) electrons. The molecule has 6 rings (SSSR count). The highest BCUT2D eigenvalue weighted by Gasteiger charge is 2.62. The summed E-state index contributed by atoms with van der Waals surface area (Å²) in [5.74, 6) is -5.24. The number of alkyl carbamates (subject to hydrolysis) is 1. The second-order valence-corrected chi connectivity index (χ2v) is 17.6. The molecule has 1 aromatic carbocycles. The van der Waals surface area contributed by atoms with Gasteiger partial charge in [-0.05, 0) is 51.7 Å². The van der Waals surface area contributed by atoms with E-state index >= 15 is 0 Å². The number of carbonyl (C=O) groups is 7. The Hall–Kier alpha value is -5.27. The molecule has 18 nitrogen and oxygen atoms in total. The van der Waals surface area contributed by atoms with Gasteiger partial charge in [0.1, 0.15) is 35.1 Å². The first-order valence-corrected chi connectivity index (χ1v) is 19.8. The lowest BCUT2D eigenvalue weighted by Crippen LogP contribution is -2.60. The van der Waals surface area contributed by atoms with E-state index in [2.05, 4.69) is 27.3 Å². The van der Waals surface area contributed by atoms with Gasteiger partial charge >= 0.3 is 18.2 Å². The van der Waals surface area contributed by atoms with Crippen LogP contribution in [-0.2, 0) is 61.3 Å². The fraction of sp³-hybridized carbons (Fsp3) is 0.583. The standard InChI is InChI=1S/C36H45FN6O12S/c1-5-20-14-36(20,32(48)41-56(51,52)22-9-10-22)40-29(45)26-13-21(53-34(50)42-16-19-7-6-8-24(37)23(19)18-42)17-43(26)31(47)25(39-33(49)55-35(2,3)4)15-38-30(46)27-11-12-28(44)54-27/h5-8,20-22,25-27H,1,9-18H2,2-4H3,(H,38,46)(H,39,49)(H,40,45)(H,41,48). The van der Waals surface area contributed by atoms with E-state index in [0.29, 0.717) is 24.0 Å². The molecule has 2 saturated carbocycles. The molecule has 6 atom stereocenters. The molecule has 1 aromatic rings. The van der Waals surface area contributed by atoms with E-state index in [-0.39, 0.29) is 38.8 Å². The van der Waals surface area contributed by atoms with Crippen molar-refractivity contribution in [2.24, 2.45) is 5.92 Å². The van der Waals surface area contributed by atoms with Crippen LogP contribution in [0.25, 0.3) is 0 Å². The van der Waals surface area contributed by atoms with Gasteiger partial charge in [0, 0.05) is 43.8 Å². The highest BCUT2D eigenvalue weighted by atomic mass is 32.2. The topological polar surface area (TPSA) is 236 Å². The Bertz CT molecular complexity index is 1950. The van der Waals surface area contributed by atoms with Gasteiger partial charge in [-0.3, -0.25) is 33.6 Å². The van der Waals surface area contributed by atoms with Crippen molar-refractivity contribution >= 4 is 51.8 Å². The third-order valence-corrected chi connectivity index (χ3v) is 12.0. The number of amides is 6. The summed E-state index contributed by atoms with van der Waals surface area (Å²) in [6.45, 7) is 7.49. The van der Waals surface area contributed by atoms with Crippen molar-refractivity contribution in [2.75, 3.05) is 13.1 Å². The van der Waals surface area contributed by atoms with Crippen molar-refractivity contribution < 1.29 is 60.6 Å². The molecule has 3 aliphatic heterocycles. The highest BCUT2D eigenvalue weighted by molar-refractivity contribution is 7.91. The van der Waals surface area contributed by atoms with Crippen LogP contribution in [0, 0.1) is 11.7 Å². The van der Waals surface area contributed by atoms with Crippen LogP contribution in [0.5, 0.6) is 0 Å². The molecule has 4 N–H and O–H groups in total. The molecular weight excluding hydrogens is 759 g/mol. The van der Waals surface area contributed by atoms with E-state index in [0.717, 1.165) is 4.90 Å². The molecule has 2 aliphatic carbocycles. The third kappa shape index (κ3) is 8.89. The number of nitrogens with zero attached hydrogens (tertiary/aromatic N) is 2. The molecule has 304 valence electrons. The number of fused-ring (bicyclic) bond motifs is 1. The number of hydrogen-bond acceptors (Lipinski definition) is 12. The number of nitrogens with one attached hydrogen (secondary N) is 4. The minimum Gasteiger partial charge on any atom is -0.452 e. The van der Waals surface area contributed by atoms with Crippen LogP contribution in [0.3, 0.4) is 0 Å². The van der Waals surface area contributed by atoms with Gasteiger partial charge in [-0.25, -0.2) is 22.4 Å². The van der Waals surface area contributed by atoms with Crippen molar-refractivity contribution in [3.05, 3.63) is 47.8 Å². The summed E-state index contributed by atoms with van der Waals surface area (Å²) in [5.41, 5.74) is -1.80. The molecule has 3 heterocycles. The summed E-state index contributed by atoms with van der Waals surface area (Å²) in [6, 6.07) is 1.44. The number of hydrogen-bond donors (Lipinski definition) is 4. The van der Waals surface area contributed by atoms with Gasteiger partial charge in [0.2, 0.25) is 21.8 Å². The van der Waals surface area contributed by atoms with Crippen molar-refractivity contribution in [3.8, 4) is 0 Å². The van der Waals surface area contributed by atoms with Gasteiger partial charge in [-0.2, -0.15) is 0 Å². The molecule has 0 aromatic heterocycles. The molecular formula is C36H45FN6O12S. The number of sulfonamides is 1. The zero-order valence-electron chi connectivity index (χ0n) is 31.1. The van der Waals surface area contributed by atoms with Crippen LogP contribution in [0.2, 0.25) is 0 Å². The Kier molecular flexibility index (Phi) is 11.1. The molecule has 2 saturated heterocycles. The van der Waals surface area contributed by atoms with E-state index in [9.17, 15) is 46.4 Å². The molecule has 56 heavy (non-hydrogen) atoms. The zero-order chi connectivity index (χ0) is 40.7. The zero-order valence-corrected chi connectivity index (χ0v) is 31.9. The van der Waals surface area contributed by atoms with Crippen molar-refractivity contribution in [2.45, 2.75) is 113 Å². The maximum absolute atomic E-state index is 14.4. The first kappa shape index (κ1) is 40.4. The summed E-state index contributed by atoms with van der Waals surface area (Å²) in [5, 5.41) is 6.80. The number of carbonyl (C=O) groups excluding carboxylic acids is 7. The van der Waals surface area contributed by atoms with Gasteiger partial charge in [0.25, 0.3) is 11.8 Å². The van der Waals surface area contributed by atoms with Crippen LogP contribution >= 0.6 is 0 Å². The van der Waals surface area contributed by atoms with Gasteiger partial charge in [-0.15, -0.1) is 6.58 Å². The predicted octanol–water partition coefficient (Wildman–Crippen LogP) is 0.632. The smallest absolute Gasteiger partial charge is 0.410 e. The van der Waals surface area contributed by atoms with Crippen LogP contribution < -0.4 is 20.7 Å². The van der Waals surface area contributed by atoms with Crippen LogP contribution in [0.1, 0.15) is 70.4 Å². The Morgan fingerprint density at radius 1 is 1.11 bits per heavy atom. The Balaban J connectivity index is 1.23. The Morgan fingerprint density at radius 2 is 1.84 bits per heavy atom. The Morgan fingerprint density at radius 3 is 2.45 bits per heavy atom. The Labute approximate surface area is 322 Å². The van der Waals surface area contributed by atoms with Crippen LogP contribution in [-0.4, -0.2) is 114 Å². The molecule has 6 amide bonds.